The van der Waals surface area contributed by atoms with E-state index in [1.54, 1.807) is 0 Å². The van der Waals surface area contributed by atoms with Crippen LogP contribution in [0, 0.1) is 5.41 Å². The van der Waals surface area contributed by atoms with Crippen LogP contribution in [0.2, 0.25) is 0 Å². The monoisotopic (exact) mass is 288 g/mol. The molecule has 0 saturated heterocycles. The maximum atomic E-state index is 4.76. The van der Waals surface area contributed by atoms with E-state index in [4.69, 9.17) is 4.98 Å². The molecule has 116 valence electrons. The van der Waals surface area contributed by atoms with Gasteiger partial charge < -0.3 is 10.6 Å². The fraction of sp³-hybridized carbons (Fsp3) is 0.765. The minimum atomic E-state index is 0.451. The van der Waals surface area contributed by atoms with Crippen LogP contribution in [0.5, 0.6) is 0 Å². The van der Waals surface area contributed by atoms with Gasteiger partial charge >= 0.3 is 0 Å². The van der Waals surface area contributed by atoms with Crippen molar-refractivity contribution in [3.05, 3.63) is 11.9 Å². The smallest absolute Gasteiger partial charge is 0.136 e. The van der Waals surface area contributed by atoms with Crippen molar-refractivity contribution >= 4 is 11.6 Å². The molecule has 2 aliphatic rings. The Labute approximate surface area is 128 Å². The zero-order valence-electron chi connectivity index (χ0n) is 13.6. The van der Waals surface area contributed by atoms with Crippen molar-refractivity contribution in [1.29, 1.82) is 0 Å². The first-order valence-corrected chi connectivity index (χ1v) is 8.45. The lowest BCUT2D eigenvalue weighted by Gasteiger charge is -2.35. The maximum Gasteiger partial charge on any atom is 0.136 e. The van der Waals surface area contributed by atoms with Crippen molar-refractivity contribution in [2.24, 2.45) is 5.41 Å². The third-order valence-electron chi connectivity index (χ3n) is 4.60. The first kappa shape index (κ1) is 14.6. The average molecular weight is 288 g/mol. The summed E-state index contributed by atoms with van der Waals surface area (Å²) in [5.74, 6) is 3.58. The molecule has 0 bridgehead atoms. The Balaban J connectivity index is 1.74. The van der Waals surface area contributed by atoms with Crippen LogP contribution in [0.15, 0.2) is 6.07 Å². The first-order chi connectivity index (χ1) is 10.1. The van der Waals surface area contributed by atoms with E-state index < -0.39 is 0 Å². The summed E-state index contributed by atoms with van der Waals surface area (Å²) in [4.78, 5) is 9.40. The second-order valence-corrected chi connectivity index (χ2v) is 7.40. The number of anilines is 2. The zero-order chi connectivity index (χ0) is 14.9. The van der Waals surface area contributed by atoms with Gasteiger partial charge in [0.05, 0.1) is 0 Å². The van der Waals surface area contributed by atoms with Crippen LogP contribution in [-0.4, -0.2) is 22.6 Å². The number of hydrogen-bond donors (Lipinski definition) is 2. The molecule has 2 saturated carbocycles. The molecule has 21 heavy (non-hydrogen) atoms. The number of rotatable bonds is 5. The van der Waals surface area contributed by atoms with E-state index in [1.165, 1.54) is 38.5 Å². The van der Waals surface area contributed by atoms with Crippen LogP contribution in [0.4, 0.5) is 11.6 Å². The molecule has 2 fully saturated rings. The van der Waals surface area contributed by atoms with Crippen LogP contribution in [0.3, 0.4) is 0 Å². The van der Waals surface area contributed by atoms with Gasteiger partial charge in [-0.2, -0.15) is 0 Å². The minimum Gasteiger partial charge on any atom is -0.370 e. The molecule has 1 heterocycles. The maximum absolute atomic E-state index is 4.76. The molecule has 0 radical (unpaired) electrons. The fourth-order valence-corrected chi connectivity index (χ4v) is 3.37. The quantitative estimate of drug-likeness (QED) is 0.854. The Morgan fingerprint density at radius 1 is 1.19 bits per heavy atom. The lowest BCUT2D eigenvalue weighted by molar-refractivity contribution is 0.229. The molecule has 4 heteroatoms. The molecule has 0 aliphatic heterocycles. The van der Waals surface area contributed by atoms with Crippen LogP contribution in [-0.2, 0) is 0 Å². The molecule has 1 unspecified atom stereocenters. The van der Waals surface area contributed by atoms with E-state index in [2.05, 4.69) is 42.5 Å². The Kier molecular flexibility index (Phi) is 4.05. The van der Waals surface area contributed by atoms with E-state index in [0.717, 1.165) is 24.0 Å². The Bertz CT molecular complexity index is 494. The Hall–Kier alpha value is -1.32. The third kappa shape index (κ3) is 3.86. The highest BCUT2D eigenvalue weighted by atomic mass is 15.1. The Morgan fingerprint density at radius 3 is 2.62 bits per heavy atom. The highest BCUT2D eigenvalue weighted by molar-refractivity contribution is 5.48. The normalized spacial score (nSPS) is 24.6. The highest BCUT2D eigenvalue weighted by Crippen LogP contribution is 2.39. The van der Waals surface area contributed by atoms with Crippen LogP contribution >= 0.6 is 0 Å². The molecule has 2 N–H and O–H groups in total. The summed E-state index contributed by atoms with van der Waals surface area (Å²) in [6, 6.07) is 2.61. The number of aromatic nitrogens is 2. The van der Waals surface area contributed by atoms with Crippen molar-refractivity contribution in [3.8, 4) is 0 Å². The third-order valence-corrected chi connectivity index (χ3v) is 4.60. The van der Waals surface area contributed by atoms with Gasteiger partial charge in [-0.15, -0.1) is 0 Å². The number of hydrogen-bond acceptors (Lipinski definition) is 4. The summed E-state index contributed by atoms with van der Waals surface area (Å²) in [5, 5.41) is 7.00. The van der Waals surface area contributed by atoms with Crippen molar-refractivity contribution in [3.63, 3.8) is 0 Å². The summed E-state index contributed by atoms with van der Waals surface area (Å²) in [5.41, 5.74) is 0.451. The van der Waals surface area contributed by atoms with E-state index in [-0.39, 0.29) is 0 Å². The molecular weight excluding hydrogens is 260 g/mol. The van der Waals surface area contributed by atoms with Gasteiger partial charge in [0.2, 0.25) is 0 Å². The highest BCUT2D eigenvalue weighted by Gasteiger charge is 2.30. The number of nitrogens with one attached hydrogen (secondary N) is 2. The summed E-state index contributed by atoms with van der Waals surface area (Å²) < 4.78 is 0. The van der Waals surface area contributed by atoms with Crippen molar-refractivity contribution in [2.45, 2.75) is 71.3 Å². The zero-order valence-corrected chi connectivity index (χ0v) is 13.6. The van der Waals surface area contributed by atoms with Crippen molar-refractivity contribution in [2.75, 3.05) is 17.2 Å². The molecule has 4 nitrogen and oxygen atoms in total. The standard InChI is InChI=1S/C17H28N4/c1-4-18-14-10-15(21-16(20-14)12-7-8-12)19-13-6-5-9-17(2,3)11-13/h10,12-13H,4-9,11H2,1-3H3,(H2,18,19,20,21). The summed E-state index contributed by atoms with van der Waals surface area (Å²) in [6.07, 6.45) is 7.61. The van der Waals surface area contributed by atoms with E-state index in [9.17, 15) is 0 Å². The van der Waals surface area contributed by atoms with Gasteiger partial charge in [-0.25, -0.2) is 9.97 Å². The minimum absolute atomic E-state index is 0.451. The fourth-order valence-electron chi connectivity index (χ4n) is 3.37. The summed E-state index contributed by atoms with van der Waals surface area (Å²) in [7, 11) is 0. The van der Waals surface area contributed by atoms with Gasteiger partial charge in [-0.1, -0.05) is 20.3 Å². The molecule has 3 rings (SSSR count). The first-order valence-electron chi connectivity index (χ1n) is 8.45. The molecule has 1 aromatic heterocycles. The molecular formula is C17H28N4. The van der Waals surface area contributed by atoms with Crippen molar-refractivity contribution in [1.82, 2.24) is 9.97 Å². The van der Waals surface area contributed by atoms with Gasteiger partial charge in [-0.3, -0.25) is 0 Å². The lowest BCUT2D eigenvalue weighted by atomic mass is 9.75. The van der Waals surface area contributed by atoms with Crippen LogP contribution < -0.4 is 10.6 Å². The van der Waals surface area contributed by atoms with Gasteiger partial charge in [0.25, 0.3) is 0 Å². The molecule has 0 spiro atoms. The molecule has 2 aliphatic carbocycles. The molecule has 1 atom stereocenters. The second kappa shape index (κ2) is 5.82. The Morgan fingerprint density at radius 2 is 1.95 bits per heavy atom. The topological polar surface area (TPSA) is 49.8 Å². The largest absolute Gasteiger partial charge is 0.370 e. The van der Waals surface area contributed by atoms with Gasteiger partial charge in [0.15, 0.2) is 0 Å². The van der Waals surface area contributed by atoms with Crippen molar-refractivity contribution < 1.29 is 0 Å². The van der Waals surface area contributed by atoms with E-state index in [1.807, 2.05) is 0 Å². The van der Waals surface area contributed by atoms with Crippen LogP contribution in [0.1, 0.15) is 71.0 Å². The second-order valence-electron chi connectivity index (χ2n) is 7.40. The van der Waals surface area contributed by atoms with Crippen LogP contribution in [0.25, 0.3) is 0 Å². The van der Waals surface area contributed by atoms with E-state index >= 15 is 0 Å². The molecule has 0 aromatic carbocycles. The van der Waals surface area contributed by atoms with Gasteiger partial charge in [0.1, 0.15) is 17.5 Å². The number of nitrogens with zero attached hydrogens (tertiary/aromatic N) is 2. The van der Waals surface area contributed by atoms with Gasteiger partial charge in [0, 0.05) is 24.6 Å². The lowest BCUT2D eigenvalue weighted by Crippen LogP contribution is -2.32. The summed E-state index contributed by atoms with van der Waals surface area (Å²) in [6.45, 7) is 7.76. The predicted molar refractivity (Wildman–Crippen MR) is 87.8 cm³/mol. The molecule has 0 amide bonds. The summed E-state index contributed by atoms with van der Waals surface area (Å²) >= 11 is 0. The van der Waals surface area contributed by atoms with E-state index in [0.29, 0.717) is 17.4 Å². The SMILES string of the molecule is CCNc1cc(NC2CCCC(C)(C)C2)nc(C2CC2)n1. The van der Waals surface area contributed by atoms with Gasteiger partial charge in [-0.05, 0) is 44.4 Å². The predicted octanol–water partition coefficient (Wildman–Crippen LogP) is 4.17. The average Bonchev–Trinajstić information content (AvgIpc) is 3.21. The molecule has 1 aromatic rings.